The van der Waals surface area contributed by atoms with Crippen LogP contribution < -0.4 is 9.64 Å². The van der Waals surface area contributed by atoms with E-state index in [0.717, 1.165) is 6.07 Å². The Morgan fingerprint density at radius 1 is 1.19 bits per heavy atom. The number of rotatable bonds is 7. The number of hydrogen-bond acceptors (Lipinski definition) is 5. The van der Waals surface area contributed by atoms with Crippen molar-refractivity contribution >= 4 is 11.6 Å². The third-order valence-corrected chi connectivity index (χ3v) is 5.30. The standard InChI is InChI=1S/C23H24F3N3O3/c1-31-12-9-22(30)29-11-10-28(15-19(29)16-32-20-5-3-2-4-6-20)18-8-7-17(14-27)21(13-18)23(24,25)26/h2-8,13,19H,9-12,15-16H2,1H3. The lowest BCUT2D eigenvalue weighted by atomic mass is 10.0. The Hall–Kier alpha value is -3.25. The van der Waals surface area contributed by atoms with Crippen molar-refractivity contribution in [2.75, 3.05) is 44.9 Å². The SMILES string of the molecule is COCCC(=O)N1CCN(c2ccc(C#N)c(C(F)(F)F)c2)CC1COc1ccccc1. The maximum absolute atomic E-state index is 13.4. The summed E-state index contributed by atoms with van der Waals surface area (Å²) in [6, 6.07) is 14.0. The van der Waals surface area contributed by atoms with Crippen LogP contribution in [0.3, 0.4) is 0 Å². The van der Waals surface area contributed by atoms with Crippen molar-refractivity contribution in [3.05, 3.63) is 59.7 Å². The number of nitrogens with zero attached hydrogens (tertiary/aromatic N) is 3. The molecule has 1 amide bonds. The Morgan fingerprint density at radius 2 is 1.94 bits per heavy atom. The molecule has 1 heterocycles. The van der Waals surface area contributed by atoms with Crippen LogP contribution in [0.25, 0.3) is 0 Å². The molecule has 0 aliphatic carbocycles. The van der Waals surface area contributed by atoms with Crippen LogP contribution in [0.2, 0.25) is 0 Å². The van der Waals surface area contributed by atoms with Crippen molar-refractivity contribution in [3.8, 4) is 11.8 Å². The van der Waals surface area contributed by atoms with E-state index in [-0.39, 0.29) is 31.6 Å². The zero-order valence-corrected chi connectivity index (χ0v) is 17.6. The number of para-hydroxylation sites is 1. The molecule has 0 aromatic heterocycles. The molecule has 2 aromatic carbocycles. The van der Waals surface area contributed by atoms with Crippen molar-refractivity contribution in [1.29, 1.82) is 5.26 Å². The second kappa shape index (κ2) is 10.4. The summed E-state index contributed by atoms with van der Waals surface area (Å²) in [5.74, 6) is 0.551. The van der Waals surface area contributed by atoms with E-state index in [1.807, 2.05) is 18.2 Å². The molecule has 0 N–H and O–H groups in total. The smallest absolute Gasteiger partial charge is 0.417 e. The molecule has 9 heteroatoms. The zero-order valence-electron chi connectivity index (χ0n) is 17.6. The van der Waals surface area contributed by atoms with Crippen molar-refractivity contribution in [2.45, 2.75) is 18.6 Å². The van der Waals surface area contributed by atoms with E-state index < -0.39 is 17.3 Å². The Morgan fingerprint density at radius 3 is 2.59 bits per heavy atom. The zero-order chi connectivity index (χ0) is 23.1. The first kappa shape index (κ1) is 23.4. The lowest BCUT2D eigenvalue weighted by molar-refractivity contribution is -0.137. The van der Waals surface area contributed by atoms with Crippen LogP contribution >= 0.6 is 0 Å². The number of ether oxygens (including phenoxy) is 2. The van der Waals surface area contributed by atoms with E-state index in [9.17, 15) is 18.0 Å². The molecule has 1 saturated heterocycles. The van der Waals surface area contributed by atoms with Crippen LogP contribution in [0, 0.1) is 11.3 Å². The molecular formula is C23H24F3N3O3. The number of alkyl halides is 3. The highest BCUT2D eigenvalue weighted by molar-refractivity contribution is 5.77. The molecule has 0 saturated carbocycles. The molecule has 0 radical (unpaired) electrons. The number of hydrogen-bond donors (Lipinski definition) is 0. The van der Waals surface area contributed by atoms with Gasteiger partial charge in [0.15, 0.2) is 0 Å². The minimum Gasteiger partial charge on any atom is -0.491 e. The molecule has 0 spiro atoms. The molecule has 1 aliphatic heterocycles. The first-order chi connectivity index (χ1) is 15.3. The number of methoxy groups -OCH3 is 1. The predicted octanol–water partition coefficient (Wildman–Crippen LogP) is 3.71. The second-order valence-electron chi connectivity index (χ2n) is 7.39. The van der Waals surface area contributed by atoms with Crippen molar-refractivity contribution in [1.82, 2.24) is 4.90 Å². The van der Waals surface area contributed by atoms with Crippen LogP contribution in [0.15, 0.2) is 48.5 Å². The molecule has 1 fully saturated rings. The van der Waals surface area contributed by atoms with E-state index in [1.54, 1.807) is 28.0 Å². The number of amides is 1. The summed E-state index contributed by atoms with van der Waals surface area (Å²) >= 11 is 0. The van der Waals surface area contributed by atoms with Crippen LogP contribution in [-0.2, 0) is 15.7 Å². The number of nitriles is 1. The fraction of sp³-hybridized carbons (Fsp3) is 0.391. The highest BCUT2D eigenvalue weighted by Crippen LogP contribution is 2.35. The quantitative estimate of drug-likeness (QED) is 0.648. The maximum Gasteiger partial charge on any atom is 0.417 e. The fourth-order valence-corrected chi connectivity index (χ4v) is 3.66. The topological polar surface area (TPSA) is 65.8 Å². The van der Waals surface area contributed by atoms with Crippen molar-refractivity contribution in [2.24, 2.45) is 0 Å². The van der Waals surface area contributed by atoms with Gasteiger partial charge in [-0.3, -0.25) is 4.79 Å². The molecule has 32 heavy (non-hydrogen) atoms. The van der Waals surface area contributed by atoms with Crippen LogP contribution in [-0.4, -0.2) is 56.8 Å². The molecule has 1 atom stereocenters. The Bertz CT molecular complexity index is 960. The molecule has 3 rings (SSSR count). The monoisotopic (exact) mass is 447 g/mol. The highest BCUT2D eigenvalue weighted by atomic mass is 19.4. The summed E-state index contributed by atoms with van der Waals surface area (Å²) in [5.41, 5.74) is -1.03. The average molecular weight is 447 g/mol. The van der Waals surface area contributed by atoms with Gasteiger partial charge in [0.25, 0.3) is 0 Å². The van der Waals surface area contributed by atoms with Crippen LogP contribution in [0.5, 0.6) is 5.75 Å². The van der Waals surface area contributed by atoms with Crippen LogP contribution in [0.4, 0.5) is 18.9 Å². The van der Waals surface area contributed by atoms with Gasteiger partial charge in [0.2, 0.25) is 5.91 Å². The first-order valence-electron chi connectivity index (χ1n) is 10.2. The minimum absolute atomic E-state index is 0.0935. The summed E-state index contributed by atoms with van der Waals surface area (Å²) in [4.78, 5) is 16.2. The summed E-state index contributed by atoms with van der Waals surface area (Å²) in [5, 5.41) is 9.04. The van der Waals surface area contributed by atoms with Gasteiger partial charge >= 0.3 is 6.18 Å². The molecule has 2 aromatic rings. The number of carbonyl (C=O) groups excluding carboxylic acids is 1. The lowest BCUT2D eigenvalue weighted by Crippen LogP contribution is -2.57. The summed E-state index contributed by atoms with van der Waals surface area (Å²) in [6.07, 6.45) is -4.41. The Labute approximate surface area is 184 Å². The lowest BCUT2D eigenvalue weighted by Gasteiger charge is -2.42. The first-order valence-corrected chi connectivity index (χ1v) is 10.2. The molecule has 0 bridgehead atoms. The molecule has 1 aliphatic rings. The van der Waals surface area contributed by atoms with Gasteiger partial charge in [0.1, 0.15) is 12.4 Å². The third kappa shape index (κ3) is 5.71. The predicted molar refractivity (Wildman–Crippen MR) is 112 cm³/mol. The number of carbonyl (C=O) groups is 1. The van der Waals surface area contributed by atoms with Gasteiger partial charge in [-0.15, -0.1) is 0 Å². The summed E-state index contributed by atoms with van der Waals surface area (Å²) in [6.45, 7) is 1.49. The molecule has 6 nitrogen and oxygen atoms in total. The van der Waals surface area contributed by atoms with Gasteiger partial charge in [-0.25, -0.2) is 0 Å². The number of halogens is 3. The molecular weight excluding hydrogens is 423 g/mol. The largest absolute Gasteiger partial charge is 0.491 e. The highest BCUT2D eigenvalue weighted by Gasteiger charge is 2.36. The van der Waals surface area contributed by atoms with Crippen LogP contribution in [0.1, 0.15) is 17.5 Å². The van der Waals surface area contributed by atoms with E-state index in [0.29, 0.717) is 31.1 Å². The van der Waals surface area contributed by atoms with Gasteiger partial charge in [-0.1, -0.05) is 18.2 Å². The van der Waals surface area contributed by atoms with E-state index >= 15 is 0 Å². The van der Waals surface area contributed by atoms with E-state index in [2.05, 4.69) is 0 Å². The number of anilines is 1. The molecule has 1 unspecified atom stereocenters. The van der Waals surface area contributed by atoms with Gasteiger partial charge in [-0.2, -0.15) is 18.4 Å². The average Bonchev–Trinajstić information content (AvgIpc) is 2.80. The van der Waals surface area contributed by atoms with Gasteiger partial charge < -0.3 is 19.3 Å². The van der Waals surface area contributed by atoms with Gasteiger partial charge in [-0.05, 0) is 30.3 Å². The van der Waals surface area contributed by atoms with Crippen molar-refractivity contribution < 1.29 is 27.4 Å². The number of benzene rings is 2. The minimum atomic E-state index is -4.63. The Balaban J connectivity index is 1.81. The molecule has 170 valence electrons. The Kier molecular flexibility index (Phi) is 7.59. The normalized spacial score (nSPS) is 16.5. The summed E-state index contributed by atoms with van der Waals surface area (Å²) in [7, 11) is 1.52. The van der Waals surface area contributed by atoms with Gasteiger partial charge in [0, 0.05) is 32.4 Å². The third-order valence-electron chi connectivity index (χ3n) is 5.30. The maximum atomic E-state index is 13.4. The summed E-state index contributed by atoms with van der Waals surface area (Å²) < 4.78 is 51.1. The van der Waals surface area contributed by atoms with E-state index in [4.69, 9.17) is 14.7 Å². The van der Waals surface area contributed by atoms with Crippen molar-refractivity contribution in [3.63, 3.8) is 0 Å². The fourth-order valence-electron chi connectivity index (χ4n) is 3.66. The second-order valence-corrected chi connectivity index (χ2v) is 7.39. The van der Waals surface area contributed by atoms with Gasteiger partial charge in [0.05, 0.1) is 36.3 Å². The van der Waals surface area contributed by atoms with E-state index in [1.165, 1.54) is 19.2 Å². The number of piperazine rings is 1.